The van der Waals surface area contributed by atoms with Gasteiger partial charge in [-0.25, -0.2) is 0 Å². The van der Waals surface area contributed by atoms with Crippen molar-refractivity contribution in [3.63, 3.8) is 0 Å². The SMILES string of the molecule is CCCCCCCC/C=C/CCCCCCCCCCCC(=O)N[C@@H](COP(=O)([O-])OCC[N+](C)(C)C)[C@H](O)/C=C/CC/C=C/CCCCCCCCCCCC. The van der Waals surface area contributed by atoms with E-state index in [9.17, 15) is 19.4 Å². The number of allylic oxidation sites excluding steroid dienone is 5. The standard InChI is InChI=1S/C48H93N2O6P/c1-6-8-10-12-14-16-18-20-22-24-25-26-28-30-32-34-36-38-40-42-48(52)49-46(45-56-57(53,54)55-44-43-50(3,4)5)47(51)41-39-37-35-33-31-29-27-23-21-19-17-15-13-11-9-7-2/h20,22,31,33,39,41,46-47,51H,6-19,21,23-30,32,34-38,40,42-45H2,1-5H3,(H-,49,52,53,54)/b22-20+,33-31+,41-39+/t46-,47+/m0/s1. The Kier molecular flexibility index (Phi) is 39.2. The first-order chi connectivity index (χ1) is 27.5. The zero-order chi connectivity index (χ0) is 42.1. The van der Waals surface area contributed by atoms with E-state index in [4.69, 9.17) is 9.05 Å². The van der Waals surface area contributed by atoms with E-state index >= 15 is 0 Å². The smallest absolute Gasteiger partial charge is 0.268 e. The van der Waals surface area contributed by atoms with Crippen LogP contribution in [0.5, 0.6) is 0 Å². The molecule has 336 valence electrons. The van der Waals surface area contributed by atoms with Crippen LogP contribution in [-0.4, -0.2) is 68.5 Å². The fourth-order valence-corrected chi connectivity index (χ4v) is 7.47. The highest BCUT2D eigenvalue weighted by atomic mass is 31.2. The topological polar surface area (TPSA) is 108 Å². The minimum Gasteiger partial charge on any atom is -0.756 e. The number of amides is 1. The number of hydrogen-bond donors (Lipinski definition) is 2. The number of unbranched alkanes of at least 4 members (excludes halogenated alkanes) is 26. The molecule has 2 N–H and O–H groups in total. The molecule has 0 saturated carbocycles. The minimum absolute atomic E-state index is 0.00648. The van der Waals surface area contributed by atoms with Crippen LogP contribution in [0.3, 0.4) is 0 Å². The van der Waals surface area contributed by atoms with Gasteiger partial charge in [-0.15, -0.1) is 0 Å². The van der Waals surface area contributed by atoms with E-state index in [-0.39, 0.29) is 12.5 Å². The van der Waals surface area contributed by atoms with Crippen LogP contribution in [-0.2, 0) is 18.4 Å². The molecule has 0 aliphatic carbocycles. The van der Waals surface area contributed by atoms with E-state index in [1.54, 1.807) is 6.08 Å². The van der Waals surface area contributed by atoms with Gasteiger partial charge in [-0.2, -0.15) is 0 Å². The second kappa shape index (κ2) is 40.1. The van der Waals surface area contributed by atoms with Crippen molar-refractivity contribution in [1.82, 2.24) is 5.32 Å². The first kappa shape index (κ1) is 55.7. The number of aliphatic hydroxyl groups is 1. The lowest BCUT2D eigenvalue weighted by atomic mass is 10.0. The summed E-state index contributed by atoms with van der Waals surface area (Å²) >= 11 is 0. The monoisotopic (exact) mass is 825 g/mol. The Morgan fingerprint density at radius 1 is 0.596 bits per heavy atom. The molecule has 57 heavy (non-hydrogen) atoms. The lowest BCUT2D eigenvalue weighted by Crippen LogP contribution is -2.45. The largest absolute Gasteiger partial charge is 0.756 e. The van der Waals surface area contributed by atoms with Crippen molar-refractivity contribution in [3.8, 4) is 0 Å². The van der Waals surface area contributed by atoms with Crippen molar-refractivity contribution in [2.45, 2.75) is 225 Å². The summed E-state index contributed by atoms with van der Waals surface area (Å²) in [5.74, 6) is -0.210. The van der Waals surface area contributed by atoms with E-state index in [1.165, 1.54) is 154 Å². The number of hydrogen-bond acceptors (Lipinski definition) is 6. The van der Waals surface area contributed by atoms with E-state index < -0.39 is 26.6 Å². The molecule has 3 atom stereocenters. The maximum absolute atomic E-state index is 12.9. The number of quaternary nitrogens is 1. The number of carbonyl (C=O) groups is 1. The molecule has 0 aliphatic rings. The van der Waals surface area contributed by atoms with E-state index in [1.807, 2.05) is 27.2 Å². The first-order valence-electron chi connectivity index (χ1n) is 23.9. The molecule has 0 aliphatic heterocycles. The lowest BCUT2D eigenvalue weighted by molar-refractivity contribution is -0.870. The number of aliphatic hydroxyl groups excluding tert-OH is 1. The summed E-state index contributed by atoms with van der Waals surface area (Å²) in [5, 5.41) is 13.8. The van der Waals surface area contributed by atoms with Crippen molar-refractivity contribution in [1.29, 1.82) is 0 Å². The summed E-state index contributed by atoms with van der Waals surface area (Å²) in [6.07, 6.45) is 49.1. The average molecular weight is 825 g/mol. The van der Waals surface area contributed by atoms with Crippen molar-refractivity contribution < 1.29 is 32.9 Å². The van der Waals surface area contributed by atoms with Gasteiger partial charge in [-0.1, -0.05) is 185 Å². The van der Waals surface area contributed by atoms with Gasteiger partial charge in [0.05, 0.1) is 39.9 Å². The lowest BCUT2D eigenvalue weighted by Gasteiger charge is -2.29. The maximum Gasteiger partial charge on any atom is 0.268 e. The van der Waals surface area contributed by atoms with Gasteiger partial charge in [0.25, 0.3) is 7.82 Å². The van der Waals surface area contributed by atoms with E-state index in [0.717, 1.165) is 38.5 Å². The molecular formula is C48H93N2O6P. The van der Waals surface area contributed by atoms with Gasteiger partial charge in [0.2, 0.25) is 5.91 Å². The number of phosphoric ester groups is 1. The molecule has 8 nitrogen and oxygen atoms in total. The van der Waals surface area contributed by atoms with Gasteiger partial charge in [0, 0.05) is 6.42 Å². The Morgan fingerprint density at radius 3 is 1.42 bits per heavy atom. The van der Waals surface area contributed by atoms with Gasteiger partial charge in [0.15, 0.2) is 0 Å². The number of nitrogens with one attached hydrogen (secondary N) is 1. The molecule has 0 aromatic rings. The minimum atomic E-state index is -4.60. The Bertz CT molecular complexity index is 1030. The van der Waals surface area contributed by atoms with Crippen LogP contribution in [0.1, 0.15) is 213 Å². The molecule has 1 amide bonds. The van der Waals surface area contributed by atoms with Crippen LogP contribution in [0.4, 0.5) is 0 Å². The number of rotatable bonds is 43. The second-order valence-electron chi connectivity index (χ2n) is 17.5. The predicted molar refractivity (Wildman–Crippen MR) is 242 cm³/mol. The molecule has 9 heteroatoms. The summed E-state index contributed by atoms with van der Waals surface area (Å²) in [4.78, 5) is 25.3. The summed E-state index contributed by atoms with van der Waals surface area (Å²) in [6, 6.07) is -0.902. The Hall–Kier alpha value is -1.28. The molecule has 0 heterocycles. The number of phosphoric acid groups is 1. The summed E-state index contributed by atoms with van der Waals surface area (Å²) in [5.41, 5.74) is 0. The summed E-state index contributed by atoms with van der Waals surface area (Å²) in [7, 11) is 1.24. The maximum atomic E-state index is 12.9. The molecule has 0 radical (unpaired) electrons. The van der Waals surface area contributed by atoms with Crippen LogP contribution in [0, 0.1) is 0 Å². The predicted octanol–water partition coefficient (Wildman–Crippen LogP) is 12.8. The van der Waals surface area contributed by atoms with Crippen molar-refractivity contribution in [2.24, 2.45) is 0 Å². The van der Waals surface area contributed by atoms with Gasteiger partial charge in [-0.3, -0.25) is 9.36 Å². The van der Waals surface area contributed by atoms with Crippen molar-refractivity contribution in [2.75, 3.05) is 40.9 Å². The Balaban J connectivity index is 4.40. The van der Waals surface area contributed by atoms with Crippen LogP contribution in [0.25, 0.3) is 0 Å². The highest BCUT2D eigenvalue weighted by Crippen LogP contribution is 2.38. The zero-order valence-corrected chi connectivity index (χ0v) is 38.9. The molecular weight excluding hydrogens is 732 g/mol. The highest BCUT2D eigenvalue weighted by molar-refractivity contribution is 7.45. The van der Waals surface area contributed by atoms with Gasteiger partial charge < -0.3 is 28.8 Å². The van der Waals surface area contributed by atoms with Crippen molar-refractivity contribution >= 4 is 13.7 Å². The fourth-order valence-electron chi connectivity index (χ4n) is 6.75. The third kappa shape index (κ3) is 42.6. The highest BCUT2D eigenvalue weighted by Gasteiger charge is 2.23. The first-order valence-corrected chi connectivity index (χ1v) is 25.3. The van der Waals surface area contributed by atoms with Crippen LogP contribution >= 0.6 is 7.82 Å². The zero-order valence-electron chi connectivity index (χ0n) is 38.0. The van der Waals surface area contributed by atoms with Crippen LogP contribution in [0.2, 0.25) is 0 Å². The number of likely N-dealkylation sites (N-methyl/N-ethyl adjacent to an activating group) is 1. The quantitative estimate of drug-likeness (QED) is 0.0274. The summed E-state index contributed by atoms with van der Waals surface area (Å²) < 4.78 is 23.2. The summed E-state index contributed by atoms with van der Waals surface area (Å²) in [6.45, 7) is 4.62. The molecule has 0 saturated heterocycles. The molecule has 0 bridgehead atoms. The third-order valence-corrected chi connectivity index (χ3v) is 11.5. The molecule has 0 spiro atoms. The van der Waals surface area contributed by atoms with Gasteiger partial charge in [-0.05, 0) is 57.8 Å². The Morgan fingerprint density at radius 2 is 0.982 bits per heavy atom. The third-order valence-electron chi connectivity index (χ3n) is 10.6. The normalized spacial score (nSPS) is 14.6. The fraction of sp³-hybridized carbons (Fsp3) is 0.854. The van der Waals surface area contributed by atoms with Crippen LogP contribution in [0.15, 0.2) is 36.5 Å². The second-order valence-corrected chi connectivity index (χ2v) is 18.9. The van der Waals surface area contributed by atoms with Crippen LogP contribution < -0.4 is 10.2 Å². The van der Waals surface area contributed by atoms with Gasteiger partial charge in [0.1, 0.15) is 13.2 Å². The van der Waals surface area contributed by atoms with Gasteiger partial charge >= 0.3 is 0 Å². The molecule has 0 fully saturated rings. The Labute approximate surface area is 353 Å². The molecule has 1 unspecified atom stereocenters. The molecule has 0 aromatic heterocycles. The number of nitrogens with zero attached hydrogens (tertiary/aromatic N) is 1. The molecule has 0 aromatic carbocycles. The number of carbonyl (C=O) groups excluding carboxylic acids is 1. The van der Waals surface area contributed by atoms with Crippen molar-refractivity contribution in [3.05, 3.63) is 36.5 Å². The van der Waals surface area contributed by atoms with E-state index in [0.29, 0.717) is 17.4 Å². The van der Waals surface area contributed by atoms with E-state index in [2.05, 4.69) is 43.5 Å². The average Bonchev–Trinajstić information content (AvgIpc) is 3.16. The molecule has 0 rings (SSSR count).